The van der Waals surface area contributed by atoms with Crippen LogP contribution in [0.25, 0.3) is 17.0 Å². The number of halogens is 3. The number of aryl methyl sites for hydroxylation is 1. The number of hydrogen-bond donors (Lipinski definition) is 0. The van der Waals surface area contributed by atoms with Gasteiger partial charge in [0.05, 0.1) is 17.0 Å². The third-order valence-electron chi connectivity index (χ3n) is 6.20. The second-order valence-electron chi connectivity index (χ2n) is 8.47. The number of fused-ring (bicyclic) bond motifs is 1. The predicted octanol–water partition coefficient (Wildman–Crippen LogP) is 8.45. The van der Waals surface area contributed by atoms with E-state index in [1.54, 1.807) is 18.2 Å². The number of amides is 2. The van der Waals surface area contributed by atoms with Gasteiger partial charge in [0.25, 0.3) is 11.1 Å². The average Bonchev–Trinajstić information content (AvgIpc) is 3.34. The van der Waals surface area contributed by atoms with E-state index in [2.05, 4.69) is 17.6 Å². The molecule has 8 heteroatoms. The van der Waals surface area contributed by atoms with Gasteiger partial charge in [-0.3, -0.25) is 14.5 Å². The first-order chi connectivity index (χ1) is 17.4. The van der Waals surface area contributed by atoms with Gasteiger partial charge in [0.15, 0.2) is 0 Å². The fourth-order valence-electron chi connectivity index (χ4n) is 4.40. The van der Waals surface area contributed by atoms with E-state index in [-0.39, 0.29) is 17.7 Å². The smallest absolute Gasteiger partial charge is 0.293 e. The highest BCUT2D eigenvalue weighted by Crippen LogP contribution is 2.36. The molecule has 1 aliphatic rings. The van der Waals surface area contributed by atoms with E-state index in [1.807, 2.05) is 48.7 Å². The molecule has 0 N–H and O–H groups in total. The molecule has 5 rings (SSSR count). The molecule has 0 spiro atoms. The summed E-state index contributed by atoms with van der Waals surface area (Å²) in [4.78, 5) is 27.6. The number of nitrogens with zero attached hydrogens (tertiary/aromatic N) is 2. The molecule has 0 bridgehead atoms. The Morgan fingerprint density at radius 1 is 0.861 bits per heavy atom. The highest BCUT2D eigenvalue weighted by atomic mass is 35.5. The van der Waals surface area contributed by atoms with Crippen LogP contribution in [0.1, 0.15) is 29.2 Å². The van der Waals surface area contributed by atoms with Crippen LogP contribution >= 0.6 is 46.6 Å². The number of imide groups is 1. The van der Waals surface area contributed by atoms with Crippen molar-refractivity contribution in [3.63, 3.8) is 0 Å². The zero-order valence-electron chi connectivity index (χ0n) is 19.3. The first kappa shape index (κ1) is 25.0. The summed E-state index contributed by atoms with van der Waals surface area (Å²) >= 11 is 19.8. The monoisotopic (exact) mass is 554 g/mol. The van der Waals surface area contributed by atoms with Gasteiger partial charge < -0.3 is 4.57 Å². The van der Waals surface area contributed by atoms with Crippen LogP contribution < -0.4 is 0 Å². The summed E-state index contributed by atoms with van der Waals surface area (Å²) in [6, 6.07) is 18.9. The van der Waals surface area contributed by atoms with Gasteiger partial charge in [0.2, 0.25) is 0 Å². The molecule has 3 aromatic carbocycles. The first-order valence-corrected chi connectivity index (χ1v) is 13.3. The number of aromatic nitrogens is 1. The van der Waals surface area contributed by atoms with E-state index in [4.69, 9.17) is 34.8 Å². The Hall–Kier alpha value is -2.70. The molecule has 2 amide bonds. The van der Waals surface area contributed by atoms with Crippen molar-refractivity contribution in [2.24, 2.45) is 0 Å². The van der Waals surface area contributed by atoms with Gasteiger partial charge in [-0.1, -0.05) is 84.2 Å². The molecule has 1 saturated heterocycles. The number of carbonyl (C=O) groups is 2. The predicted molar refractivity (Wildman–Crippen MR) is 150 cm³/mol. The van der Waals surface area contributed by atoms with Crippen molar-refractivity contribution in [1.82, 2.24) is 9.47 Å². The number of benzene rings is 3. The minimum Gasteiger partial charge on any atom is -0.342 e. The summed E-state index contributed by atoms with van der Waals surface area (Å²) in [5.41, 5.74) is 4.80. The molecule has 0 atom stereocenters. The molecule has 0 unspecified atom stereocenters. The Morgan fingerprint density at radius 3 is 2.36 bits per heavy atom. The number of hydrogen-bond acceptors (Lipinski definition) is 3. The van der Waals surface area contributed by atoms with Crippen LogP contribution in [0.4, 0.5) is 4.79 Å². The van der Waals surface area contributed by atoms with Gasteiger partial charge in [-0.15, -0.1) is 0 Å². The van der Waals surface area contributed by atoms with Crippen molar-refractivity contribution < 1.29 is 9.59 Å². The van der Waals surface area contributed by atoms with Gasteiger partial charge in [0, 0.05) is 38.8 Å². The first-order valence-electron chi connectivity index (χ1n) is 11.4. The molecule has 0 saturated carbocycles. The molecular weight excluding hydrogens is 535 g/mol. The zero-order chi connectivity index (χ0) is 25.4. The van der Waals surface area contributed by atoms with Gasteiger partial charge >= 0.3 is 0 Å². The maximum atomic E-state index is 13.2. The lowest BCUT2D eigenvalue weighted by molar-refractivity contribution is -0.123. The molecule has 4 nitrogen and oxygen atoms in total. The van der Waals surface area contributed by atoms with Crippen LogP contribution in [0.15, 0.2) is 71.8 Å². The third-order valence-corrected chi connectivity index (χ3v) is 8.06. The van der Waals surface area contributed by atoms with Crippen LogP contribution in [0.3, 0.4) is 0 Å². The summed E-state index contributed by atoms with van der Waals surface area (Å²) in [5.74, 6) is -0.321. The number of carbonyl (C=O) groups excluding carboxylic acids is 2. The second-order valence-corrected chi connectivity index (χ2v) is 10.7. The van der Waals surface area contributed by atoms with Gasteiger partial charge in [-0.25, -0.2) is 0 Å². The molecule has 1 aliphatic heterocycles. The van der Waals surface area contributed by atoms with Gasteiger partial charge in [-0.05, 0) is 59.1 Å². The minimum atomic E-state index is -0.321. The average molecular weight is 556 g/mol. The van der Waals surface area contributed by atoms with Crippen LogP contribution in [0.5, 0.6) is 0 Å². The highest BCUT2D eigenvalue weighted by Gasteiger charge is 2.35. The Kier molecular flexibility index (Phi) is 7.18. The summed E-state index contributed by atoms with van der Waals surface area (Å²) in [7, 11) is 0. The van der Waals surface area contributed by atoms with Crippen molar-refractivity contribution in [3.05, 3.63) is 109 Å². The number of thioether (sulfide) groups is 1. The van der Waals surface area contributed by atoms with E-state index >= 15 is 0 Å². The molecule has 1 fully saturated rings. The van der Waals surface area contributed by atoms with E-state index in [1.165, 1.54) is 10.5 Å². The van der Waals surface area contributed by atoms with E-state index in [0.717, 1.165) is 45.8 Å². The number of rotatable bonds is 6. The molecule has 182 valence electrons. The van der Waals surface area contributed by atoms with Gasteiger partial charge in [0.1, 0.15) is 0 Å². The lowest BCUT2D eigenvalue weighted by atomic mass is 10.1. The molecule has 1 aromatic heterocycles. The highest BCUT2D eigenvalue weighted by molar-refractivity contribution is 8.18. The van der Waals surface area contributed by atoms with Crippen molar-refractivity contribution in [2.45, 2.75) is 26.4 Å². The molecule has 0 aliphatic carbocycles. The van der Waals surface area contributed by atoms with E-state index in [0.29, 0.717) is 26.5 Å². The standard InChI is InChI=1S/C28H21Cl3N2O2S/c1-2-17-7-5-8-22-20(15-32(26(17)22)14-19-10-11-21(29)13-24(19)31)12-25-27(34)33(28(35)36-25)16-18-6-3-4-9-23(18)30/h3-13,15H,2,14,16H2,1H3/b25-12-. The maximum absolute atomic E-state index is 13.2. The second kappa shape index (κ2) is 10.3. The normalized spacial score (nSPS) is 15.0. The third kappa shape index (κ3) is 4.81. The summed E-state index contributed by atoms with van der Waals surface area (Å²) < 4.78 is 2.14. The molecule has 2 heterocycles. The van der Waals surface area contributed by atoms with Crippen LogP contribution in [0.2, 0.25) is 15.1 Å². The molecule has 36 heavy (non-hydrogen) atoms. The van der Waals surface area contributed by atoms with Gasteiger partial charge in [-0.2, -0.15) is 0 Å². The zero-order valence-corrected chi connectivity index (χ0v) is 22.4. The maximum Gasteiger partial charge on any atom is 0.293 e. The largest absolute Gasteiger partial charge is 0.342 e. The summed E-state index contributed by atoms with van der Waals surface area (Å²) in [5, 5.41) is 2.41. The Balaban J connectivity index is 1.53. The summed E-state index contributed by atoms with van der Waals surface area (Å²) in [6.45, 7) is 2.80. The molecule has 4 aromatic rings. The van der Waals surface area contributed by atoms with Crippen molar-refractivity contribution in [2.75, 3.05) is 0 Å². The van der Waals surface area contributed by atoms with Crippen LogP contribution in [-0.4, -0.2) is 20.6 Å². The quantitative estimate of drug-likeness (QED) is 0.224. The summed E-state index contributed by atoms with van der Waals surface area (Å²) in [6.07, 6.45) is 4.67. The van der Waals surface area contributed by atoms with E-state index in [9.17, 15) is 9.59 Å². The van der Waals surface area contributed by atoms with Crippen molar-refractivity contribution in [3.8, 4) is 0 Å². The lowest BCUT2D eigenvalue weighted by Crippen LogP contribution is -2.27. The topological polar surface area (TPSA) is 42.3 Å². The Morgan fingerprint density at radius 2 is 1.61 bits per heavy atom. The fourth-order valence-corrected chi connectivity index (χ4v) is 5.89. The fraction of sp³-hybridized carbons (Fsp3) is 0.143. The lowest BCUT2D eigenvalue weighted by Gasteiger charge is -2.13. The van der Waals surface area contributed by atoms with Crippen molar-refractivity contribution >= 4 is 74.7 Å². The minimum absolute atomic E-state index is 0.137. The Labute approximate surface area is 228 Å². The Bertz CT molecular complexity index is 1540. The SMILES string of the molecule is CCc1cccc2c(/C=C3\SC(=O)N(Cc4ccccc4Cl)C3=O)cn(Cc3ccc(Cl)cc3Cl)c12. The van der Waals surface area contributed by atoms with Crippen LogP contribution in [-0.2, 0) is 24.3 Å². The van der Waals surface area contributed by atoms with Crippen molar-refractivity contribution in [1.29, 1.82) is 0 Å². The molecular formula is C28H21Cl3N2O2S. The molecule has 0 radical (unpaired) electrons. The van der Waals surface area contributed by atoms with Crippen LogP contribution in [0, 0.1) is 0 Å². The van der Waals surface area contributed by atoms with E-state index < -0.39 is 0 Å². The number of para-hydroxylation sites is 1.